The lowest BCUT2D eigenvalue weighted by Crippen LogP contribution is -2.15. The lowest BCUT2D eigenvalue weighted by molar-refractivity contribution is -0.140. The molecule has 1 aliphatic carbocycles. The second-order valence-corrected chi connectivity index (χ2v) is 5.91. The molecule has 5 heteroatoms. The van der Waals surface area contributed by atoms with E-state index in [2.05, 4.69) is 6.92 Å². The summed E-state index contributed by atoms with van der Waals surface area (Å²) >= 11 is 0. The highest BCUT2D eigenvalue weighted by atomic mass is 16.6. The van der Waals surface area contributed by atoms with E-state index in [0.717, 1.165) is 17.7 Å². The van der Waals surface area contributed by atoms with E-state index in [4.69, 9.17) is 13.9 Å². The van der Waals surface area contributed by atoms with Crippen LogP contribution < -0.4 is 0 Å². The summed E-state index contributed by atoms with van der Waals surface area (Å²) in [5.41, 5.74) is 1.94. The first kappa shape index (κ1) is 12.2. The summed E-state index contributed by atoms with van der Waals surface area (Å²) in [5.74, 6) is 0.478. The minimum absolute atomic E-state index is 0.128. The summed E-state index contributed by atoms with van der Waals surface area (Å²) in [4.78, 5) is 11.9. The van der Waals surface area contributed by atoms with E-state index in [1.165, 1.54) is 0 Å². The average Bonchev–Trinajstić information content (AvgIpc) is 2.73. The topological polar surface area (TPSA) is 72.2 Å². The molecule has 0 saturated carbocycles. The normalized spacial score (nSPS) is 34.9. The summed E-state index contributed by atoms with van der Waals surface area (Å²) in [6.45, 7) is 1.93. The van der Waals surface area contributed by atoms with Crippen molar-refractivity contribution in [3.63, 3.8) is 0 Å². The van der Waals surface area contributed by atoms with Gasteiger partial charge in [0, 0.05) is 23.1 Å². The van der Waals surface area contributed by atoms with Gasteiger partial charge in [-0.05, 0) is 25.8 Å². The van der Waals surface area contributed by atoms with Crippen LogP contribution in [0, 0.1) is 0 Å². The molecule has 20 heavy (non-hydrogen) atoms. The number of ether oxygens (including phenoxy) is 2. The van der Waals surface area contributed by atoms with Crippen LogP contribution in [0.1, 0.15) is 42.8 Å². The first-order valence-corrected chi connectivity index (χ1v) is 6.90. The zero-order chi connectivity index (χ0) is 13.9. The van der Waals surface area contributed by atoms with Crippen molar-refractivity contribution >= 4 is 5.97 Å². The van der Waals surface area contributed by atoms with Gasteiger partial charge in [0.2, 0.25) is 0 Å². The number of rotatable bonds is 1. The predicted molar refractivity (Wildman–Crippen MR) is 67.8 cm³/mol. The molecule has 3 atom stereocenters. The van der Waals surface area contributed by atoms with E-state index < -0.39 is 6.10 Å². The van der Waals surface area contributed by atoms with Gasteiger partial charge in [0.25, 0.3) is 0 Å². The van der Waals surface area contributed by atoms with E-state index in [9.17, 15) is 9.90 Å². The monoisotopic (exact) mass is 276 g/mol. The van der Waals surface area contributed by atoms with Crippen molar-refractivity contribution in [3.8, 4) is 0 Å². The van der Waals surface area contributed by atoms with Crippen molar-refractivity contribution in [2.45, 2.75) is 50.6 Å². The van der Waals surface area contributed by atoms with Crippen LogP contribution in [0.25, 0.3) is 0 Å². The Bertz CT molecular complexity index is 614. The molecule has 0 amide bonds. The fourth-order valence-electron chi connectivity index (χ4n) is 3.27. The largest absolute Gasteiger partial charge is 0.468 e. The highest BCUT2D eigenvalue weighted by Gasteiger charge is 2.53. The molecular weight excluding hydrogens is 260 g/mol. The smallest absolute Gasteiger partial charge is 0.334 e. The molecule has 2 bridgehead atoms. The molecule has 1 aromatic heterocycles. The van der Waals surface area contributed by atoms with Gasteiger partial charge in [-0.25, -0.2) is 4.79 Å². The van der Waals surface area contributed by atoms with Crippen molar-refractivity contribution in [1.82, 2.24) is 0 Å². The van der Waals surface area contributed by atoms with Crippen LogP contribution in [0.3, 0.4) is 0 Å². The van der Waals surface area contributed by atoms with Gasteiger partial charge in [0.1, 0.15) is 11.9 Å². The molecule has 0 aromatic carbocycles. The maximum Gasteiger partial charge on any atom is 0.334 e. The number of carbonyl (C=O) groups is 1. The summed E-state index contributed by atoms with van der Waals surface area (Å²) in [5, 5.41) is 9.45. The van der Waals surface area contributed by atoms with Gasteiger partial charge in [-0.1, -0.05) is 0 Å². The first-order chi connectivity index (χ1) is 9.60. The van der Waals surface area contributed by atoms with Crippen LogP contribution in [0.15, 0.2) is 22.3 Å². The van der Waals surface area contributed by atoms with Crippen LogP contribution in [-0.2, 0) is 27.3 Å². The molecule has 3 unspecified atom stereocenters. The Hall–Kier alpha value is -1.59. The zero-order valence-corrected chi connectivity index (χ0v) is 11.2. The third kappa shape index (κ3) is 1.66. The van der Waals surface area contributed by atoms with Crippen molar-refractivity contribution in [1.29, 1.82) is 0 Å². The second-order valence-electron chi connectivity index (χ2n) is 5.91. The Morgan fingerprint density at radius 1 is 1.50 bits per heavy atom. The van der Waals surface area contributed by atoms with Gasteiger partial charge in [-0.2, -0.15) is 0 Å². The van der Waals surface area contributed by atoms with Crippen molar-refractivity contribution < 1.29 is 23.8 Å². The van der Waals surface area contributed by atoms with Gasteiger partial charge in [0.15, 0.2) is 0 Å². The number of hydrogen-bond acceptors (Lipinski definition) is 5. The summed E-state index contributed by atoms with van der Waals surface area (Å²) in [6.07, 6.45) is 5.26. The Morgan fingerprint density at radius 3 is 3.15 bits per heavy atom. The molecule has 1 aromatic rings. The van der Waals surface area contributed by atoms with Crippen molar-refractivity contribution in [2.24, 2.45) is 0 Å². The van der Waals surface area contributed by atoms with Crippen LogP contribution in [0.5, 0.6) is 0 Å². The van der Waals surface area contributed by atoms with Gasteiger partial charge in [-0.15, -0.1) is 0 Å². The van der Waals surface area contributed by atoms with Gasteiger partial charge in [-0.3, -0.25) is 0 Å². The SMILES string of the molecule is CC12Cc3occ(CO)c3C3C=C(CCC1O2)C(=O)O3. The van der Waals surface area contributed by atoms with E-state index in [0.29, 0.717) is 24.0 Å². The third-order valence-electron chi connectivity index (χ3n) is 4.52. The number of aliphatic hydroxyl groups is 1. The van der Waals surface area contributed by atoms with Gasteiger partial charge in [0.05, 0.1) is 24.6 Å². The summed E-state index contributed by atoms with van der Waals surface area (Å²) in [7, 11) is 0. The predicted octanol–water partition coefficient (Wildman–Crippen LogP) is 1.79. The molecule has 106 valence electrons. The summed E-state index contributed by atoms with van der Waals surface area (Å²) in [6, 6.07) is 0. The standard InChI is InChI=1S/C15H16O5/c1-15-5-11-13(9(6-16)7-18-11)10-4-8(14(17)19-10)2-3-12(15)20-15/h4,7,10,12,16H,2-3,5-6H2,1H3. The number of hydrogen-bond donors (Lipinski definition) is 1. The molecule has 1 fully saturated rings. The van der Waals surface area contributed by atoms with Crippen LogP contribution in [-0.4, -0.2) is 22.8 Å². The quantitative estimate of drug-likeness (QED) is 0.625. The fourth-order valence-corrected chi connectivity index (χ4v) is 3.27. The van der Waals surface area contributed by atoms with E-state index in [-0.39, 0.29) is 24.3 Å². The maximum atomic E-state index is 11.9. The molecule has 2 aliphatic heterocycles. The fraction of sp³-hybridized carbons (Fsp3) is 0.533. The molecule has 5 nitrogen and oxygen atoms in total. The van der Waals surface area contributed by atoms with Crippen molar-refractivity contribution in [3.05, 3.63) is 34.8 Å². The third-order valence-corrected chi connectivity index (χ3v) is 4.52. The molecule has 1 N–H and O–H groups in total. The van der Waals surface area contributed by atoms with E-state index in [1.54, 1.807) is 6.26 Å². The number of esters is 1. The van der Waals surface area contributed by atoms with Crippen molar-refractivity contribution in [2.75, 3.05) is 0 Å². The van der Waals surface area contributed by atoms with Crippen LogP contribution in [0.4, 0.5) is 0 Å². The molecule has 0 radical (unpaired) electrons. The lowest BCUT2D eigenvalue weighted by Gasteiger charge is -2.12. The van der Waals surface area contributed by atoms with Crippen LogP contribution in [0.2, 0.25) is 0 Å². The summed E-state index contributed by atoms with van der Waals surface area (Å²) < 4.78 is 16.8. The molecule has 4 rings (SSSR count). The Balaban J connectivity index is 1.81. The first-order valence-electron chi connectivity index (χ1n) is 6.90. The average molecular weight is 276 g/mol. The van der Waals surface area contributed by atoms with E-state index in [1.807, 2.05) is 6.08 Å². The van der Waals surface area contributed by atoms with E-state index >= 15 is 0 Å². The minimum atomic E-state index is -0.438. The Kier molecular flexibility index (Phi) is 2.41. The molecular formula is C15H16O5. The zero-order valence-electron chi connectivity index (χ0n) is 11.2. The molecule has 3 aliphatic rings. The second kappa shape index (κ2) is 3.96. The Labute approximate surface area is 116 Å². The Morgan fingerprint density at radius 2 is 2.35 bits per heavy atom. The number of carbonyl (C=O) groups excluding carboxylic acids is 1. The highest BCUT2D eigenvalue weighted by Crippen LogP contribution is 2.46. The molecule has 3 heterocycles. The van der Waals surface area contributed by atoms with Gasteiger partial charge < -0.3 is 19.0 Å². The molecule has 1 saturated heterocycles. The highest BCUT2D eigenvalue weighted by molar-refractivity contribution is 5.91. The van der Waals surface area contributed by atoms with Gasteiger partial charge >= 0.3 is 5.97 Å². The molecule has 0 spiro atoms. The number of furan rings is 1. The number of fused-ring (bicyclic) bond motifs is 4. The van der Waals surface area contributed by atoms with Crippen LogP contribution >= 0.6 is 0 Å². The number of epoxide rings is 1. The number of aliphatic hydroxyl groups excluding tert-OH is 1. The maximum absolute atomic E-state index is 11.9. The lowest BCUT2D eigenvalue weighted by atomic mass is 9.92. The minimum Gasteiger partial charge on any atom is -0.468 e.